The molecule has 138 valence electrons. The lowest BCUT2D eigenvalue weighted by molar-refractivity contribution is -0.143. The maximum atomic E-state index is 13.0. The van der Waals surface area contributed by atoms with Gasteiger partial charge in [0.1, 0.15) is 0 Å². The highest BCUT2D eigenvalue weighted by molar-refractivity contribution is 7.86. The Kier molecular flexibility index (Phi) is 5.20. The molecular formula is C16H29N3O4S. The maximum absolute atomic E-state index is 13.0. The lowest BCUT2D eigenvalue weighted by Crippen LogP contribution is -2.51. The van der Waals surface area contributed by atoms with Gasteiger partial charge >= 0.3 is 0 Å². The molecule has 1 unspecified atom stereocenters. The largest absolute Gasteiger partial charge is 0.384 e. The zero-order valence-electron chi connectivity index (χ0n) is 14.7. The van der Waals surface area contributed by atoms with Crippen LogP contribution in [0.15, 0.2) is 0 Å². The molecule has 1 amide bonds. The minimum absolute atomic E-state index is 0.116. The summed E-state index contributed by atoms with van der Waals surface area (Å²) < 4.78 is 34.2. The second-order valence-electron chi connectivity index (χ2n) is 7.50. The monoisotopic (exact) mass is 359 g/mol. The topological polar surface area (TPSA) is 70.2 Å². The number of amides is 1. The third-order valence-electron chi connectivity index (χ3n) is 5.90. The summed E-state index contributed by atoms with van der Waals surface area (Å²) in [6.07, 6.45) is 4.09. The van der Waals surface area contributed by atoms with Crippen LogP contribution >= 0.6 is 0 Å². The minimum atomic E-state index is -3.46. The molecule has 3 aliphatic rings. The number of rotatable bonds is 4. The summed E-state index contributed by atoms with van der Waals surface area (Å²) in [5, 5.41) is 0. The second-order valence-corrected chi connectivity index (χ2v) is 9.43. The second kappa shape index (κ2) is 6.90. The average molecular weight is 359 g/mol. The zero-order chi connectivity index (χ0) is 17.4. The summed E-state index contributed by atoms with van der Waals surface area (Å²) in [6, 6.07) is 0. The van der Waals surface area contributed by atoms with Crippen molar-refractivity contribution in [2.45, 2.75) is 32.1 Å². The van der Waals surface area contributed by atoms with Gasteiger partial charge in [0, 0.05) is 53.5 Å². The van der Waals surface area contributed by atoms with Gasteiger partial charge in [-0.05, 0) is 38.0 Å². The van der Waals surface area contributed by atoms with E-state index >= 15 is 0 Å². The Labute approximate surface area is 145 Å². The van der Waals surface area contributed by atoms with Gasteiger partial charge in [0.25, 0.3) is 10.2 Å². The molecule has 3 aliphatic heterocycles. The molecule has 24 heavy (non-hydrogen) atoms. The van der Waals surface area contributed by atoms with E-state index in [1.54, 1.807) is 20.6 Å². The van der Waals surface area contributed by atoms with Crippen LogP contribution in [0.3, 0.4) is 0 Å². The Morgan fingerprint density at radius 3 is 2.50 bits per heavy atom. The van der Waals surface area contributed by atoms with E-state index in [2.05, 4.69) is 0 Å². The Bertz CT molecular complexity index is 574. The van der Waals surface area contributed by atoms with Gasteiger partial charge in [0.15, 0.2) is 0 Å². The van der Waals surface area contributed by atoms with Crippen LogP contribution in [0, 0.1) is 11.3 Å². The molecule has 3 saturated heterocycles. The van der Waals surface area contributed by atoms with Crippen LogP contribution in [0.25, 0.3) is 0 Å². The Balaban J connectivity index is 1.65. The first-order chi connectivity index (χ1) is 11.4. The first-order valence-electron chi connectivity index (χ1n) is 8.89. The summed E-state index contributed by atoms with van der Waals surface area (Å²) in [5.74, 6) is 0.560. The quantitative estimate of drug-likeness (QED) is 0.734. The van der Waals surface area contributed by atoms with Crippen molar-refractivity contribution < 1.29 is 17.9 Å². The van der Waals surface area contributed by atoms with E-state index in [-0.39, 0.29) is 5.91 Å². The van der Waals surface area contributed by atoms with E-state index in [9.17, 15) is 13.2 Å². The van der Waals surface area contributed by atoms with E-state index in [0.29, 0.717) is 45.1 Å². The Morgan fingerprint density at radius 1 is 1.12 bits per heavy atom. The van der Waals surface area contributed by atoms with Crippen LogP contribution in [-0.2, 0) is 19.7 Å². The number of carbonyl (C=O) groups is 1. The third kappa shape index (κ3) is 3.21. The van der Waals surface area contributed by atoms with Gasteiger partial charge in [0.05, 0.1) is 5.41 Å². The highest BCUT2D eigenvalue weighted by Gasteiger charge is 2.51. The summed E-state index contributed by atoms with van der Waals surface area (Å²) in [4.78, 5) is 14.3. The lowest BCUT2D eigenvalue weighted by Gasteiger charge is -2.38. The molecule has 0 aromatic heterocycles. The third-order valence-corrected chi connectivity index (χ3v) is 7.88. The van der Waals surface area contributed by atoms with Crippen molar-refractivity contribution in [2.75, 3.05) is 53.5 Å². The molecule has 0 saturated carbocycles. The van der Waals surface area contributed by atoms with Crippen molar-refractivity contribution in [3.05, 3.63) is 0 Å². The van der Waals surface area contributed by atoms with Gasteiger partial charge < -0.3 is 9.64 Å². The highest BCUT2D eigenvalue weighted by atomic mass is 32.2. The maximum Gasteiger partial charge on any atom is 0.282 e. The number of likely N-dealkylation sites (tertiary alicyclic amines) is 1. The number of methoxy groups -OCH3 is 1. The van der Waals surface area contributed by atoms with Crippen LogP contribution < -0.4 is 0 Å². The zero-order valence-corrected chi connectivity index (χ0v) is 15.6. The lowest BCUT2D eigenvalue weighted by atomic mass is 9.78. The molecule has 0 N–H and O–H groups in total. The molecule has 0 bridgehead atoms. The standard InChI is InChI=1S/C16H29N3O4S/c1-17-8-3-6-16(15(17)20)7-11-19(13-16)24(21,22)18-9-4-14(5-10-18)12-23-2/h14H,3-13H2,1-2H3. The fourth-order valence-electron chi connectivity index (χ4n) is 4.38. The van der Waals surface area contributed by atoms with Crippen LogP contribution in [0.1, 0.15) is 32.1 Å². The van der Waals surface area contributed by atoms with Crippen LogP contribution in [-0.4, -0.2) is 81.3 Å². The molecule has 8 heteroatoms. The van der Waals surface area contributed by atoms with Gasteiger partial charge in [-0.1, -0.05) is 0 Å². The number of hydrogen-bond acceptors (Lipinski definition) is 4. The average Bonchev–Trinajstić information content (AvgIpc) is 2.99. The molecular weight excluding hydrogens is 330 g/mol. The number of nitrogens with zero attached hydrogens (tertiary/aromatic N) is 3. The number of hydrogen-bond donors (Lipinski definition) is 0. The SMILES string of the molecule is COCC1CCN(S(=O)(=O)N2CCC3(CCCN(C)C3=O)C2)CC1. The van der Waals surface area contributed by atoms with Crippen LogP contribution in [0.2, 0.25) is 0 Å². The summed E-state index contributed by atoms with van der Waals surface area (Å²) in [6.45, 7) is 3.37. The van der Waals surface area contributed by atoms with Crippen molar-refractivity contribution in [1.82, 2.24) is 13.5 Å². The molecule has 0 aliphatic carbocycles. The Morgan fingerprint density at radius 2 is 1.83 bits per heavy atom. The molecule has 3 heterocycles. The summed E-state index contributed by atoms with van der Waals surface area (Å²) in [5.41, 5.74) is -0.492. The van der Waals surface area contributed by atoms with E-state index in [4.69, 9.17) is 4.74 Å². The molecule has 0 aromatic carbocycles. The van der Waals surface area contributed by atoms with Crippen molar-refractivity contribution in [3.8, 4) is 0 Å². The van der Waals surface area contributed by atoms with Gasteiger partial charge in [-0.25, -0.2) is 0 Å². The summed E-state index contributed by atoms with van der Waals surface area (Å²) >= 11 is 0. The van der Waals surface area contributed by atoms with E-state index < -0.39 is 15.6 Å². The van der Waals surface area contributed by atoms with Crippen LogP contribution in [0.4, 0.5) is 0 Å². The smallest absolute Gasteiger partial charge is 0.282 e. The number of carbonyl (C=O) groups excluding carboxylic acids is 1. The normalized spacial score (nSPS) is 31.2. The molecule has 3 rings (SSSR count). The minimum Gasteiger partial charge on any atom is -0.384 e. The Hall–Kier alpha value is -0.700. The fraction of sp³-hybridized carbons (Fsp3) is 0.938. The van der Waals surface area contributed by atoms with Gasteiger partial charge in [-0.2, -0.15) is 17.0 Å². The summed E-state index contributed by atoms with van der Waals surface area (Å²) in [7, 11) is 0.0447. The number of piperidine rings is 2. The first kappa shape index (κ1) is 18.1. The van der Waals surface area contributed by atoms with E-state index in [0.717, 1.165) is 32.2 Å². The number of ether oxygens (including phenoxy) is 1. The van der Waals surface area contributed by atoms with E-state index in [1.807, 2.05) is 7.05 Å². The van der Waals surface area contributed by atoms with E-state index in [1.165, 1.54) is 0 Å². The molecule has 7 nitrogen and oxygen atoms in total. The predicted octanol–water partition coefficient (Wildman–Crippen LogP) is 0.534. The van der Waals surface area contributed by atoms with Crippen LogP contribution in [0.5, 0.6) is 0 Å². The van der Waals surface area contributed by atoms with Crippen molar-refractivity contribution in [2.24, 2.45) is 11.3 Å². The molecule has 1 spiro atoms. The first-order valence-corrected chi connectivity index (χ1v) is 10.3. The van der Waals surface area contributed by atoms with Crippen molar-refractivity contribution >= 4 is 16.1 Å². The predicted molar refractivity (Wildman–Crippen MR) is 90.6 cm³/mol. The van der Waals surface area contributed by atoms with Gasteiger partial charge in [0.2, 0.25) is 5.91 Å². The van der Waals surface area contributed by atoms with Gasteiger partial charge in [-0.15, -0.1) is 0 Å². The highest BCUT2D eigenvalue weighted by Crippen LogP contribution is 2.41. The van der Waals surface area contributed by atoms with Crippen molar-refractivity contribution in [3.63, 3.8) is 0 Å². The van der Waals surface area contributed by atoms with Gasteiger partial charge in [-0.3, -0.25) is 4.79 Å². The molecule has 1 atom stereocenters. The molecule has 0 radical (unpaired) electrons. The molecule has 0 aromatic rings. The molecule has 3 fully saturated rings. The van der Waals surface area contributed by atoms with Crippen molar-refractivity contribution in [1.29, 1.82) is 0 Å². The fourth-order valence-corrected chi connectivity index (χ4v) is 6.11.